The predicted molar refractivity (Wildman–Crippen MR) is 105 cm³/mol. The summed E-state index contributed by atoms with van der Waals surface area (Å²) in [5, 5.41) is 4.47. The van der Waals surface area contributed by atoms with Crippen LogP contribution in [0.1, 0.15) is 37.5 Å². The average molecular weight is 369 g/mol. The Hall–Kier alpha value is -2.11. The van der Waals surface area contributed by atoms with Crippen LogP contribution in [0.25, 0.3) is 10.9 Å². The maximum absolute atomic E-state index is 13.3. The maximum atomic E-state index is 13.3. The van der Waals surface area contributed by atoms with E-state index in [9.17, 15) is 8.42 Å². The number of nitrogens with one attached hydrogen (secondary N) is 1. The van der Waals surface area contributed by atoms with Gasteiger partial charge in [0, 0.05) is 18.1 Å². The molecule has 0 aliphatic carbocycles. The Labute approximate surface area is 154 Å². The molecule has 4 rings (SSSR count). The lowest BCUT2D eigenvalue weighted by molar-refractivity contribution is 0.583. The third kappa shape index (κ3) is 2.75. The van der Waals surface area contributed by atoms with Crippen molar-refractivity contribution in [3.63, 3.8) is 0 Å². The van der Waals surface area contributed by atoms with Crippen LogP contribution in [0.3, 0.4) is 0 Å². The van der Waals surface area contributed by atoms with Gasteiger partial charge in [0.2, 0.25) is 0 Å². The quantitative estimate of drug-likeness (QED) is 0.748. The van der Waals surface area contributed by atoms with E-state index in [2.05, 4.69) is 32.2 Å². The number of benzene rings is 2. The molecule has 0 fully saturated rings. The Morgan fingerprint density at radius 2 is 1.73 bits per heavy atom. The van der Waals surface area contributed by atoms with E-state index in [4.69, 9.17) is 0 Å². The summed E-state index contributed by atoms with van der Waals surface area (Å²) in [6.07, 6.45) is 2.63. The Kier molecular flexibility index (Phi) is 3.97. The van der Waals surface area contributed by atoms with Crippen LogP contribution < -0.4 is 5.32 Å². The first-order valence-corrected chi connectivity index (χ1v) is 10.4. The Bertz CT molecular complexity index is 1070. The van der Waals surface area contributed by atoms with E-state index < -0.39 is 10.0 Å². The smallest absolute Gasteiger partial charge is 0.268 e. The standard InChI is InChI=1S/C21H24N2O2S/c1-21(2,3)17-7-9-18(10-8-17)26(24,25)23-14-16-11-12-22-13-15-5-4-6-19(23)20(15)16/h4-10,14,22H,11-13H2,1-3H3. The summed E-state index contributed by atoms with van der Waals surface area (Å²) in [5.41, 5.74) is 4.13. The maximum Gasteiger partial charge on any atom is 0.268 e. The predicted octanol–water partition coefficient (Wildman–Crippen LogP) is 3.82. The van der Waals surface area contributed by atoms with Crippen LogP contribution in [0.5, 0.6) is 0 Å². The van der Waals surface area contributed by atoms with E-state index in [1.807, 2.05) is 24.3 Å². The van der Waals surface area contributed by atoms with Crippen LogP contribution in [0.4, 0.5) is 0 Å². The second-order valence-electron chi connectivity index (χ2n) is 7.97. The highest BCUT2D eigenvalue weighted by atomic mass is 32.2. The summed E-state index contributed by atoms with van der Waals surface area (Å²) in [4.78, 5) is 0.328. The van der Waals surface area contributed by atoms with Gasteiger partial charge < -0.3 is 5.32 Å². The lowest BCUT2D eigenvalue weighted by Crippen LogP contribution is -2.16. The van der Waals surface area contributed by atoms with E-state index in [0.29, 0.717) is 4.90 Å². The molecule has 0 radical (unpaired) electrons. The largest absolute Gasteiger partial charge is 0.312 e. The first-order valence-electron chi connectivity index (χ1n) is 8.97. The zero-order valence-electron chi connectivity index (χ0n) is 15.4. The molecule has 136 valence electrons. The van der Waals surface area contributed by atoms with Crippen molar-refractivity contribution in [2.75, 3.05) is 6.54 Å². The molecule has 5 heteroatoms. The normalized spacial score (nSPS) is 15.2. The molecule has 0 amide bonds. The van der Waals surface area contributed by atoms with Crippen LogP contribution in [-0.2, 0) is 28.4 Å². The van der Waals surface area contributed by atoms with Gasteiger partial charge in [0.15, 0.2) is 0 Å². The molecule has 1 aliphatic rings. The monoisotopic (exact) mass is 368 g/mol. The summed E-state index contributed by atoms with van der Waals surface area (Å²) in [5.74, 6) is 0. The average Bonchev–Trinajstić information content (AvgIpc) is 2.85. The topological polar surface area (TPSA) is 51.1 Å². The van der Waals surface area contributed by atoms with Gasteiger partial charge in [0.05, 0.1) is 10.4 Å². The van der Waals surface area contributed by atoms with Crippen LogP contribution in [0, 0.1) is 0 Å². The molecule has 1 aromatic heterocycles. The van der Waals surface area contributed by atoms with Crippen molar-refractivity contribution in [3.05, 3.63) is 65.4 Å². The van der Waals surface area contributed by atoms with Gasteiger partial charge in [0.25, 0.3) is 10.0 Å². The van der Waals surface area contributed by atoms with Crippen molar-refractivity contribution in [2.24, 2.45) is 0 Å². The molecular formula is C21H24N2O2S. The molecule has 1 N–H and O–H groups in total. The molecule has 0 saturated carbocycles. The van der Waals surface area contributed by atoms with Crippen molar-refractivity contribution in [1.29, 1.82) is 0 Å². The van der Waals surface area contributed by atoms with Crippen molar-refractivity contribution in [3.8, 4) is 0 Å². The SMILES string of the molecule is CC(C)(C)c1ccc(S(=O)(=O)n2cc3c4c(cccc42)CNCC3)cc1. The van der Waals surface area contributed by atoms with E-state index in [-0.39, 0.29) is 5.41 Å². The molecular weight excluding hydrogens is 344 g/mol. The molecule has 0 atom stereocenters. The highest BCUT2D eigenvalue weighted by Crippen LogP contribution is 2.31. The summed E-state index contributed by atoms with van der Waals surface area (Å²) in [6, 6.07) is 13.2. The van der Waals surface area contributed by atoms with Crippen molar-refractivity contribution in [2.45, 2.75) is 44.0 Å². The lowest BCUT2D eigenvalue weighted by Gasteiger charge is -2.19. The van der Waals surface area contributed by atoms with Crippen LogP contribution >= 0.6 is 0 Å². The van der Waals surface area contributed by atoms with E-state index in [1.54, 1.807) is 18.3 Å². The fourth-order valence-electron chi connectivity index (χ4n) is 3.64. The van der Waals surface area contributed by atoms with Crippen LogP contribution in [-0.4, -0.2) is 18.9 Å². The minimum Gasteiger partial charge on any atom is -0.312 e. The van der Waals surface area contributed by atoms with Crippen LogP contribution in [0.2, 0.25) is 0 Å². The third-order valence-corrected chi connectivity index (χ3v) is 6.81. The van der Waals surface area contributed by atoms with Gasteiger partial charge in [-0.3, -0.25) is 0 Å². The van der Waals surface area contributed by atoms with Crippen LogP contribution in [0.15, 0.2) is 53.6 Å². The van der Waals surface area contributed by atoms with Gasteiger partial charge in [-0.25, -0.2) is 12.4 Å². The summed E-state index contributed by atoms with van der Waals surface area (Å²) in [7, 11) is -3.62. The van der Waals surface area contributed by atoms with Crippen molar-refractivity contribution >= 4 is 20.9 Å². The van der Waals surface area contributed by atoms with Crippen molar-refractivity contribution in [1.82, 2.24) is 9.29 Å². The van der Waals surface area contributed by atoms with E-state index in [0.717, 1.165) is 47.1 Å². The minimum absolute atomic E-state index is 0.00545. The molecule has 4 nitrogen and oxygen atoms in total. The van der Waals surface area contributed by atoms with Crippen molar-refractivity contribution < 1.29 is 8.42 Å². The zero-order chi connectivity index (χ0) is 18.5. The first-order chi connectivity index (χ1) is 12.3. The number of rotatable bonds is 2. The summed E-state index contributed by atoms with van der Waals surface area (Å²) in [6.45, 7) is 7.99. The summed E-state index contributed by atoms with van der Waals surface area (Å²) < 4.78 is 28.1. The Morgan fingerprint density at radius 1 is 1.00 bits per heavy atom. The Morgan fingerprint density at radius 3 is 2.42 bits per heavy atom. The molecule has 1 aliphatic heterocycles. The molecule has 0 unspecified atom stereocenters. The fourth-order valence-corrected chi connectivity index (χ4v) is 5.02. The van der Waals surface area contributed by atoms with Gasteiger partial charge in [-0.15, -0.1) is 0 Å². The number of hydrogen-bond acceptors (Lipinski definition) is 3. The van der Waals surface area contributed by atoms with Gasteiger partial charge in [-0.05, 0) is 53.3 Å². The van der Waals surface area contributed by atoms with Gasteiger partial charge in [0.1, 0.15) is 0 Å². The number of nitrogens with zero attached hydrogens (tertiary/aromatic N) is 1. The fraction of sp³-hybridized carbons (Fsp3) is 0.333. The second-order valence-corrected chi connectivity index (χ2v) is 9.78. The number of hydrogen-bond donors (Lipinski definition) is 1. The highest BCUT2D eigenvalue weighted by Gasteiger charge is 2.24. The molecule has 3 aromatic rings. The zero-order valence-corrected chi connectivity index (χ0v) is 16.2. The molecule has 0 saturated heterocycles. The first kappa shape index (κ1) is 17.3. The molecule has 0 spiro atoms. The minimum atomic E-state index is -3.62. The van der Waals surface area contributed by atoms with E-state index >= 15 is 0 Å². The second kappa shape index (κ2) is 5.96. The summed E-state index contributed by atoms with van der Waals surface area (Å²) >= 11 is 0. The van der Waals surface area contributed by atoms with Gasteiger partial charge in [-0.2, -0.15) is 0 Å². The molecule has 2 aromatic carbocycles. The van der Waals surface area contributed by atoms with Gasteiger partial charge >= 0.3 is 0 Å². The Balaban J connectivity index is 1.87. The molecule has 26 heavy (non-hydrogen) atoms. The highest BCUT2D eigenvalue weighted by molar-refractivity contribution is 7.90. The molecule has 2 heterocycles. The third-order valence-electron chi connectivity index (χ3n) is 5.12. The lowest BCUT2D eigenvalue weighted by atomic mass is 9.87. The number of aromatic nitrogens is 1. The molecule has 0 bridgehead atoms. The van der Waals surface area contributed by atoms with Gasteiger partial charge in [-0.1, -0.05) is 45.0 Å². The van der Waals surface area contributed by atoms with E-state index in [1.165, 1.54) is 3.97 Å².